The summed E-state index contributed by atoms with van der Waals surface area (Å²) in [4.78, 5) is 24.8. The van der Waals surface area contributed by atoms with Gasteiger partial charge in [-0.1, -0.05) is 26.8 Å². The molecule has 20 heavy (non-hydrogen) atoms. The van der Waals surface area contributed by atoms with Gasteiger partial charge < -0.3 is 15.5 Å². The maximum absolute atomic E-state index is 11.9. The Kier molecular flexibility index (Phi) is 6.20. The molecule has 1 aliphatic rings. The van der Waals surface area contributed by atoms with Crippen molar-refractivity contribution in [3.63, 3.8) is 0 Å². The van der Waals surface area contributed by atoms with Gasteiger partial charge in [0.25, 0.3) is 5.91 Å². The molecule has 0 aromatic carbocycles. The maximum Gasteiger partial charge on any atom is 0.275 e. The van der Waals surface area contributed by atoms with Crippen LogP contribution in [0.25, 0.3) is 0 Å². The number of amides is 2. The third kappa shape index (κ3) is 5.74. The van der Waals surface area contributed by atoms with Gasteiger partial charge in [0.05, 0.1) is 13.1 Å². The van der Waals surface area contributed by atoms with Crippen LogP contribution in [0.1, 0.15) is 33.6 Å². The van der Waals surface area contributed by atoms with Gasteiger partial charge in [-0.05, 0) is 0 Å². The third-order valence-electron chi connectivity index (χ3n) is 3.56. The number of likely N-dealkylation sites (tertiary alicyclic amines) is 1. The average molecular weight is 282 g/mol. The quantitative estimate of drug-likeness (QED) is 0.595. The van der Waals surface area contributed by atoms with Crippen molar-refractivity contribution in [2.24, 2.45) is 5.41 Å². The molecule has 1 saturated heterocycles. The first-order chi connectivity index (χ1) is 9.32. The van der Waals surface area contributed by atoms with Crippen LogP contribution in [0.15, 0.2) is 12.7 Å². The van der Waals surface area contributed by atoms with E-state index < -0.39 is 0 Å². The highest BCUT2D eigenvalue weighted by atomic mass is 16.2. The minimum atomic E-state index is -0.339. The Morgan fingerprint density at radius 1 is 1.30 bits per heavy atom. The third-order valence-corrected chi connectivity index (χ3v) is 3.56. The first kappa shape index (κ1) is 16.7. The molecule has 1 rings (SSSR count). The molecular formula is C15H28N3O2+. The van der Waals surface area contributed by atoms with Crippen LogP contribution < -0.4 is 15.5 Å². The van der Waals surface area contributed by atoms with E-state index in [1.54, 1.807) is 6.08 Å². The highest BCUT2D eigenvalue weighted by molar-refractivity contribution is 5.81. The lowest BCUT2D eigenvalue weighted by Gasteiger charge is -2.31. The Bertz CT molecular complexity index is 353. The number of nitrogens with one attached hydrogen (secondary N) is 3. The van der Waals surface area contributed by atoms with Crippen LogP contribution in [0, 0.1) is 5.41 Å². The fourth-order valence-electron chi connectivity index (χ4n) is 2.22. The molecule has 1 heterocycles. The van der Waals surface area contributed by atoms with Crippen molar-refractivity contribution >= 4 is 11.8 Å². The van der Waals surface area contributed by atoms with Crippen molar-refractivity contribution in [1.82, 2.24) is 10.6 Å². The Morgan fingerprint density at radius 3 is 2.40 bits per heavy atom. The van der Waals surface area contributed by atoms with E-state index in [9.17, 15) is 9.59 Å². The van der Waals surface area contributed by atoms with Crippen LogP contribution in [0.3, 0.4) is 0 Å². The zero-order chi connectivity index (χ0) is 15.2. The van der Waals surface area contributed by atoms with E-state index in [2.05, 4.69) is 17.2 Å². The van der Waals surface area contributed by atoms with Crippen LogP contribution in [0.5, 0.6) is 0 Å². The zero-order valence-corrected chi connectivity index (χ0v) is 12.9. The van der Waals surface area contributed by atoms with Gasteiger partial charge in [0.1, 0.15) is 0 Å². The van der Waals surface area contributed by atoms with Crippen molar-refractivity contribution in [3.8, 4) is 0 Å². The van der Waals surface area contributed by atoms with Gasteiger partial charge in [0.2, 0.25) is 5.91 Å². The van der Waals surface area contributed by atoms with Gasteiger partial charge in [-0.15, -0.1) is 6.58 Å². The normalized spacial score (nSPS) is 22.9. The number of rotatable bonds is 5. The highest BCUT2D eigenvalue weighted by Gasteiger charge is 2.28. The molecule has 5 nitrogen and oxygen atoms in total. The minimum absolute atomic E-state index is 0.0667. The van der Waals surface area contributed by atoms with E-state index in [0.717, 1.165) is 25.9 Å². The van der Waals surface area contributed by atoms with E-state index in [1.165, 1.54) is 4.90 Å². The van der Waals surface area contributed by atoms with Crippen LogP contribution in [0.4, 0.5) is 0 Å². The molecular weight excluding hydrogens is 254 g/mol. The predicted octanol–water partition coefficient (Wildman–Crippen LogP) is -0.502. The molecule has 2 amide bonds. The summed E-state index contributed by atoms with van der Waals surface area (Å²) in [5, 5.41) is 5.90. The molecule has 0 radical (unpaired) electrons. The van der Waals surface area contributed by atoms with Crippen molar-refractivity contribution in [1.29, 1.82) is 0 Å². The van der Waals surface area contributed by atoms with Crippen LogP contribution in [-0.4, -0.2) is 44.0 Å². The van der Waals surface area contributed by atoms with Gasteiger partial charge in [-0.25, -0.2) is 0 Å². The fourth-order valence-corrected chi connectivity index (χ4v) is 2.22. The summed E-state index contributed by atoms with van der Waals surface area (Å²) in [7, 11) is 0. The summed E-state index contributed by atoms with van der Waals surface area (Å²) in [6, 6.07) is 0.252. The van der Waals surface area contributed by atoms with E-state index in [4.69, 9.17) is 0 Å². The molecule has 1 aliphatic heterocycles. The molecule has 0 aliphatic carbocycles. The zero-order valence-electron chi connectivity index (χ0n) is 12.9. The molecule has 0 unspecified atom stereocenters. The number of carbonyl (C=O) groups excluding carboxylic acids is 2. The van der Waals surface area contributed by atoms with Gasteiger partial charge in [0, 0.05) is 30.8 Å². The SMILES string of the molecule is C=CCNC(=O)C[NH+]1CCC(NC(=O)C(C)(C)C)CC1. The number of quaternary nitrogens is 1. The number of hydrogen-bond acceptors (Lipinski definition) is 2. The second-order valence-electron chi connectivity index (χ2n) is 6.52. The van der Waals surface area contributed by atoms with Crippen LogP contribution in [-0.2, 0) is 9.59 Å². The van der Waals surface area contributed by atoms with Gasteiger partial charge >= 0.3 is 0 Å². The number of carbonyl (C=O) groups is 2. The first-order valence-electron chi connectivity index (χ1n) is 7.35. The predicted molar refractivity (Wildman–Crippen MR) is 79.4 cm³/mol. The summed E-state index contributed by atoms with van der Waals surface area (Å²) in [5.41, 5.74) is -0.339. The summed E-state index contributed by atoms with van der Waals surface area (Å²) in [5.74, 6) is 0.173. The largest absolute Gasteiger partial charge is 0.352 e. The lowest BCUT2D eigenvalue weighted by Crippen LogP contribution is -3.14. The molecule has 0 atom stereocenters. The summed E-state index contributed by atoms with van der Waals surface area (Å²) >= 11 is 0. The molecule has 1 fully saturated rings. The Morgan fingerprint density at radius 2 is 1.90 bits per heavy atom. The summed E-state index contributed by atoms with van der Waals surface area (Å²) < 4.78 is 0. The average Bonchev–Trinajstić information content (AvgIpc) is 2.37. The van der Waals surface area contributed by atoms with Crippen molar-refractivity contribution in [2.45, 2.75) is 39.7 Å². The Balaban J connectivity index is 2.28. The molecule has 0 saturated carbocycles. The fraction of sp³-hybridized carbons (Fsp3) is 0.733. The lowest BCUT2D eigenvalue weighted by molar-refractivity contribution is -0.897. The standard InChI is InChI=1S/C15H27N3O2/c1-5-8-16-13(19)11-18-9-6-12(7-10-18)17-14(20)15(2,3)4/h5,12H,1,6-11H2,2-4H3,(H,16,19)(H,17,20)/p+1. The molecule has 0 spiro atoms. The van der Waals surface area contributed by atoms with Gasteiger partial charge in [0.15, 0.2) is 6.54 Å². The minimum Gasteiger partial charge on any atom is -0.352 e. The second-order valence-corrected chi connectivity index (χ2v) is 6.52. The molecule has 0 aromatic heterocycles. The van der Waals surface area contributed by atoms with Crippen molar-refractivity contribution < 1.29 is 14.5 Å². The molecule has 0 aromatic rings. The Hall–Kier alpha value is -1.36. The smallest absolute Gasteiger partial charge is 0.275 e. The number of hydrogen-bond donors (Lipinski definition) is 3. The van der Waals surface area contributed by atoms with E-state index in [-0.39, 0.29) is 23.3 Å². The topological polar surface area (TPSA) is 62.6 Å². The van der Waals surface area contributed by atoms with Gasteiger partial charge in [-0.2, -0.15) is 0 Å². The molecule has 114 valence electrons. The number of piperidine rings is 1. The summed E-state index contributed by atoms with van der Waals surface area (Å²) in [6.45, 7) is 12.2. The van der Waals surface area contributed by atoms with Crippen molar-refractivity contribution in [2.75, 3.05) is 26.2 Å². The van der Waals surface area contributed by atoms with E-state index in [1.807, 2.05) is 20.8 Å². The highest BCUT2D eigenvalue weighted by Crippen LogP contribution is 2.14. The van der Waals surface area contributed by atoms with Crippen LogP contribution >= 0.6 is 0 Å². The molecule has 0 bridgehead atoms. The Labute approximate surface area is 121 Å². The maximum atomic E-state index is 11.9. The van der Waals surface area contributed by atoms with Crippen LogP contribution in [0.2, 0.25) is 0 Å². The molecule has 5 heteroatoms. The first-order valence-corrected chi connectivity index (χ1v) is 7.35. The van der Waals surface area contributed by atoms with E-state index in [0.29, 0.717) is 13.1 Å². The van der Waals surface area contributed by atoms with Gasteiger partial charge in [-0.3, -0.25) is 9.59 Å². The summed E-state index contributed by atoms with van der Waals surface area (Å²) in [6.07, 6.45) is 3.55. The van der Waals surface area contributed by atoms with E-state index >= 15 is 0 Å². The monoisotopic (exact) mass is 282 g/mol. The second kappa shape index (κ2) is 7.43. The van der Waals surface area contributed by atoms with Crippen molar-refractivity contribution in [3.05, 3.63) is 12.7 Å². The lowest BCUT2D eigenvalue weighted by atomic mass is 9.94. The molecule has 3 N–H and O–H groups in total.